The number of halogens is 2. The summed E-state index contributed by atoms with van der Waals surface area (Å²) in [6.07, 6.45) is 0. The number of carbonyl (C=O) groups is 1. The summed E-state index contributed by atoms with van der Waals surface area (Å²) in [6, 6.07) is 6.38. The van der Waals surface area contributed by atoms with Gasteiger partial charge < -0.3 is 4.90 Å². The number of aryl methyl sites for hydroxylation is 2. The van der Waals surface area contributed by atoms with E-state index in [-0.39, 0.29) is 11.7 Å². The Morgan fingerprint density at radius 3 is 2.52 bits per heavy atom. The van der Waals surface area contributed by atoms with E-state index >= 15 is 0 Å². The Labute approximate surface area is 177 Å². The van der Waals surface area contributed by atoms with Crippen molar-refractivity contribution in [2.45, 2.75) is 13.5 Å². The molecule has 1 aromatic carbocycles. The zero-order valence-electron chi connectivity index (χ0n) is 16.2. The van der Waals surface area contributed by atoms with Crippen LogP contribution in [0.2, 0.25) is 5.15 Å². The molecule has 1 amide bonds. The van der Waals surface area contributed by atoms with Crippen molar-refractivity contribution >= 4 is 28.8 Å². The number of hydrogen-bond acceptors (Lipinski definition) is 5. The van der Waals surface area contributed by atoms with Crippen molar-refractivity contribution in [2.75, 3.05) is 26.2 Å². The van der Waals surface area contributed by atoms with E-state index in [2.05, 4.69) is 15.0 Å². The summed E-state index contributed by atoms with van der Waals surface area (Å²) in [4.78, 5) is 21.6. The third kappa shape index (κ3) is 4.19. The van der Waals surface area contributed by atoms with Crippen molar-refractivity contribution in [1.29, 1.82) is 0 Å². The van der Waals surface area contributed by atoms with E-state index in [4.69, 9.17) is 11.6 Å². The average molecular weight is 434 g/mol. The van der Waals surface area contributed by atoms with Gasteiger partial charge in [0, 0.05) is 50.7 Å². The van der Waals surface area contributed by atoms with Crippen LogP contribution in [-0.2, 0) is 13.6 Å². The molecule has 1 saturated heterocycles. The quantitative estimate of drug-likeness (QED) is 0.630. The summed E-state index contributed by atoms with van der Waals surface area (Å²) >= 11 is 7.80. The maximum Gasteiger partial charge on any atom is 0.258 e. The second-order valence-electron chi connectivity index (χ2n) is 7.09. The zero-order chi connectivity index (χ0) is 20.5. The van der Waals surface area contributed by atoms with E-state index in [0.717, 1.165) is 35.9 Å². The molecule has 0 bridgehead atoms. The fraction of sp³-hybridized carbons (Fsp3) is 0.350. The van der Waals surface area contributed by atoms with Gasteiger partial charge >= 0.3 is 0 Å². The molecule has 0 spiro atoms. The van der Waals surface area contributed by atoms with Crippen molar-refractivity contribution in [3.63, 3.8) is 0 Å². The van der Waals surface area contributed by atoms with Crippen LogP contribution in [0.4, 0.5) is 4.39 Å². The fourth-order valence-electron chi connectivity index (χ4n) is 3.47. The number of piperazine rings is 1. The first kappa shape index (κ1) is 20.0. The summed E-state index contributed by atoms with van der Waals surface area (Å²) in [6.45, 7) is 5.35. The summed E-state index contributed by atoms with van der Waals surface area (Å²) in [5, 5.41) is 7.53. The van der Waals surface area contributed by atoms with Crippen LogP contribution >= 0.6 is 22.9 Å². The van der Waals surface area contributed by atoms with Gasteiger partial charge in [-0.2, -0.15) is 5.10 Å². The summed E-state index contributed by atoms with van der Waals surface area (Å²) < 4.78 is 14.6. The molecule has 3 heterocycles. The smallest absolute Gasteiger partial charge is 0.258 e. The Bertz CT molecular complexity index is 1020. The summed E-state index contributed by atoms with van der Waals surface area (Å²) in [5.74, 6) is -0.312. The second kappa shape index (κ2) is 8.22. The first-order valence-corrected chi connectivity index (χ1v) is 10.6. The van der Waals surface area contributed by atoms with Gasteiger partial charge in [-0.05, 0) is 31.2 Å². The minimum Gasteiger partial charge on any atom is -0.336 e. The van der Waals surface area contributed by atoms with E-state index in [1.165, 1.54) is 16.8 Å². The topological polar surface area (TPSA) is 54.3 Å². The van der Waals surface area contributed by atoms with Gasteiger partial charge in [-0.15, -0.1) is 11.3 Å². The molecule has 0 atom stereocenters. The maximum atomic E-state index is 13.1. The molecule has 9 heteroatoms. The third-order valence-electron chi connectivity index (χ3n) is 5.05. The number of carbonyl (C=O) groups excluding carboxylic acids is 1. The Balaban J connectivity index is 1.36. The molecule has 0 unspecified atom stereocenters. The van der Waals surface area contributed by atoms with Gasteiger partial charge in [-0.1, -0.05) is 11.6 Å². The number of thiazole rings is 1. The lowest BCUT2D eigenvalue weighted by molar-refractivity contribution is 0.0626. The van der Waals surface area contributed by atoms with Gasteiger partial charge in [0.2, 0.25) is 0 Å². The van der Waals surface area contributed by atoms with Gasteiger partial charge in [-0.3, -0.25) is 14.4 Å². The van der Waals surface area contributed by atoms with Crippen LogP contribution in [0, 0.1) is 12.7 Å². The van der Waals surface area contributed by atoms with Crippen LogP contribution in [0.25, 0.3) is 10.6 Å². The highest BCUT2D eigenvalue weighted by Gasteiger charge is 2.27. The van der Waals surface area contributed by atoms with E-state index in [1.54, 1.807) is 37.4 Å². The van der Waals surface area contributed by atoms with E-state index in [1.807, 2.05) is 10.3 Å². The number of amides is 1. The average Bonchev–Trinajstić information content (AvgIpc) is 3.27. The first-order chi connectivity index (χ1) is 13.9. The van der Waals surface area contributed by atoms with Gasteiger partial charge in [0.1, 0.15) is 16.0 Å². The number of hydrogen-bond donors (Lipinski definition) is 0. The van der Waals surface area contributed by atoms with Crippen LogP contribution in [0.15, 0.2) is 29.6 Å². The molecule has 6 nitrogen and oxygen atoms in total. The molecular formula is C20H21ClFN5OS. The highest BCUT2D eigenvalue weighted by molar-refractivity contribution is 7.13. The number of benzene rings is 1. The highest BCUT2D eigenvalue weighted by atomic mass is 35.5. The molecule has 1 aliphatic rings. The molecule has 0 saturated carbocycles. The largest absolute Gasteiger partial charge is 0.336 e. The first-order valence-electron chi connectivity index (χ1n) is 9.33. The molecule has 0 radical (unpaired) electrons. The molecule has 2 aromatic heterocycles. The Morgan fingerprint density at radius 2 is 1.90 bits per heavy atom. The number of nitrogens with zero attached hydrogens (tertiary/aromatic N) is 5. The summed E-state index contributed by atoms with van der Waals surface area (Å²) in [5.41, 5.74) is 3.05. The van der Waals surface area contributed by atoms with Gasteiger partial charge in [-0.25, -0.2) is 9.37 Å². The molecule has 0 aliphatic carbocycles. The zero-order valence-corrected chi connectivity index (χ0v) is 17.8. The monoisotopic (exact) mass is 433 g/mol. The van der Waals surface area contributed by atoms with Crippen molar-refractivity contribution < 1.29 is 9.18 Å². The van der Waals surface area contributed by atoms with Crippen molar-refractivity contribution in [3.8, 4) is 10.6 Å². The van der Waals surface area contributed by atoms with Crippen molar-refractivity contribution in [2.24, 2.45) is 7.05 Å². The molecule has 0 N–H and O–H groups in total. The van der Waals surface area contributed by atoms with Crippen LogP contribution < -0.4 is 0 Å². The second-order valence-corrected chi connectivity index (χ2v) is 8.31. The van der Waals surface area contributed by atoms with Crippen molar-refractivity contribution in [1.82, 2.24) is 24.6 Å². The van der Waals surface area contributed by atoms with Gasteiger partial charge in [0.05, 0.1) is 17.0 Å². The van der Waals surface area contributed by atoms with Crippen molar-refractivity contribution in [3.05, 3.63) is 57.6 Å². The normalized spacial score (nSPS) is 15.1. The Hall–Kier alpha value is -2.29. The van der Waals surface area contributed by atoms with E-state index in [9.17, 15) is 9.18 Å². The Kier molecular flexibility index (Phi) is 5.67. The van der Waals surface area contributed by atoms with E-state index < -0.39 is 0 Å². The lowest BCUT2D eigenvalue weighted by atomic mass is 10.2. The maximum absolute atomic E-state index is 13.1. The molecule has 1 aliphatic heterocycles. The third-order valence-corrected chi connectivity index (χ3v) is 6.43. The fourth-order valence-corrected chi connectivity index (χ4v) is 4.55. The predicted molar refractivity (Wildman–Crippen MR) is 112 cm³/mol. The van der Waals surface area contributed by atoms with Gasteiger partial charge in [0.25, 0.3) is 5.91 Å². The van der Waals surface area contributed by atoms with E-state index in [0.29, 0.717) is 29.5 Å². The lowest BCUT2D eigenvalue weighted by Gasteiger charge is -2.34. The summed E-state index contributed by atoms with van der Waals surface area (Å²) in [7, 11) is 1.73. The highest BCUT2D eigenvalue weighted by Crippen LogP contribution is 2.25. The standard InChI is InChI=1S/C20H21ClFN5OS/c1-13-17(18(21)25(2)24-13)20(28)27-9-7-26(8-10-27)11-16-12-29-19(23-16)14-3-5-15(22)6-4-14/h3-6,12H,7-11H2,1-2H3. The van der Waals surface area contributed by atoms with Gasteiger partial charge in [0.15, 0.2) is 0 Å². The molecule has 3 aromatic rings. The molecule has 1 fully saturated rings. The minimum absolute atomic E-state index is 0.0625. The number of rotatable bonds is 4. The molecule has 152 valence electrons. The predicted octanol–water partition coefficient (Wildman–Crippen LogP) is 3.60. The SMILES string of the molecule is Cc1nn(C)c(Cl)c1C(=O)N1CCN(Cc2csc(-c3ccc(F)cc3)n2)CC1. The van der Waals surface area contributed by atoms with Crippen LogP contribution in [0.5, 0.6) is 0 Å². The number of aromatic nitrogens is 3. The lowest BCUT2D eigenvalue weighted by Crippen LogP contribution is -2.48. The van der Waals surface area contributed by atoms with Crippen LogP contribution in [-0.4, -0.2) is 56.7 Å². The molecule has 4 rings (SSSR count). The Morgan fingerprint density at radius 1 is 1.21 bits per heavy atom. The van der Waals surface area contributed by atoms with Crippen LogP contribution in [0.3, 0.4) is 0 Å². The van der Waals surface area contributed by atoms with Crippen LogP contribution in [0.1, 0.15) is 21.7 Å². The molecule has 29 heavy (non-hydrogen) atoms. The minimum atomic E-state index is -0.249. The molecular weight excluding hydrogens is 413 g/mol.